The molecule has 39 heteroatoms. The number of nitrogen functional groups attached to an aromatic ring is 3. The molecule has 9 aromatic heterocycles. The molecule has 0 unspecified atom stereocenters. The van der Waals surface area contributed by atoms with Gasteiger partial charge < -0.3 is 113 Å². The first-order valence-corrected chi connectivity index (χ1v) is 40.2. The Morgan fingerprint density at radius 3 is 1.06 bits per heavy atom. The number of nitrogens with zero attached hydrogens (tertiary/aromatic N) is 12. The van der Waals surface area contributed by atoms with Crippen molar-refractivity contribution in [1.82, 2.24) is 74.2 Å². The molecule has 3 aliphatic rings. The quantitative estimate of drug-likeness (QED) is 0.0549. The summed E-state index contributed by atoms with van der Waals surface area (Å²) < 4.78 is 28.2. The number of piperidine rings is 3. The third-order valence-corrected chi connectivity index (χ3v) is 21.2. The number of H-pyrrole nitrogens is 3. The van der Waals surface area contributed by atoms with Gasteiger partial charge >= 0.3 is 0 Å². The third-order valence-electron chi connectivity index (χ3n) is 20.7. The highest BCUT2D eigenvalue weighted by Gasteiger charge is 2.30. The molecule has 18 N–H and O–H groups in total. The summed E-state index contributed by atoms with van der Waals surface area (Å²) in [6.07, 6.45) is 10.5. The summed E-state index contributed by atoms with van der Waals surface area (Å²) in [5.41, 5.74) is 30.8. The van der Waals surface area contributed by atoms with Crippen LogP contribution in [-0.4, -0.2) is 178 Å². The maximum atomic E-state index is 13.1. The van der Waals surface area contributed by atoms with Gasteiger partial charge in [-0.25, -0.2) is 43.9 Å². The molecule has 3 amide bonds. The van der Waals surface area contributed by atoms with Crippen molar-refractivity contribution >= 4 is 159 Å². The van der Waals surface area contributed by atoms with Crippen LogP contribution in [0.15, 0.2) is 146 Å². The number of ether oxygens (including phenoxy) is 4. The van der Waals surface area contributed by atoms with Crippen LogP contribution in [0.2, 0.25) is 10.0 Å². The number of anilines is 6. The van der Waals surface area contributed by atoms with E-state index in [1.165, 1.54) is 19.0 Å². The predicted octanol–water partition coefficient (Wildman–Crippen LogP) is 5.73. The van der Waals surface area contributed by atoms with E-state index in [1.54, 1.807) is 83.0 Å². The SMILES string of the molecule is CC(=O)[O-].CC(=O)[O-].CC(=O)[O-].COc1cc(-c2nn(C3CC[NH2+]CC3)c3ncnc(N)c23)ccc1NC(=O)c1cc2cc(Cl)ccc2[nH]1.COc1cc(-c2nn(C3CC[NH2+]CC3)c3ncnc(N)c23)ccc1NC(=O)c1cc2ccc(Cl)cc2[nH]1.COc1ccc2cc(C(=O)Nc3ccc(-c4nn(C5CC[NH2+]CC5)c5ncnc(N)c45)cc3OC)[nH]c2c1. The van der Waals surface area contributed by atoms with Crippen LogP contribution >= 0.6 is 23.2 Å². The van der Waals surface area contributed by atoms with E-state index in [9.17, 15) is 14.4 Å². The van der Waals surface area contributed by atoms with E-state index in [-0.39, 0.29) is 35.8 Å². The first-order chi connectivity index (χ1) is 59.8. The Bertz CT molecular complexity index is 6180. The Balaban J connectivity index is 0.000000150. The van der Waals surface area contributed by atoms with Crippen LogP contribution in [0.25, 0.3) is 99.6 Å². The first kappa shape index (κ1) is 87.3. The Hall–Kier alpha value is -14.5. The fourth-order valence-electron chi connectivity index (χ4n) is 15.0. The summed E-state index contributed by atoms with van der Waals surface area (Å²) in [5.74, 6) is -0.776. The monoisotopic (exact) mass is 1720 g/mol. The van der Waals surface area contributed by atoms with E-state index in [2.05, 4.69) is 76.8 Å². The average molecular weight is 1730 g/mol. The average Bonchev–Trinajstić information content (AvgIpc) is 1.61. The molecule has 18 rings (SSSR count). The minimum Gasteiger partial charge on any atom is -0.550 e. The summed E-state index contributed by atoms with van der Waals surface area (Å²) >= 11 is 12.2. The van der Waals surface area contributed by atoms with Crippen molar-refractivity contribution in [1.29, 1.82) is 0 Å². The lowest BCUT2D eigenvalue weighted by atomic mass is 10.1. The molecule has 0 atom stereocenters. The molecule has 6 aromatic carbocycles. The number of methoxy groups -OCH3 is 4. The van der Waals surface area contributed by atoms with E-state index < -0.39 is 17.9 Å². The second kappa shape index (κ2) is 39.3. The number of halogens is 2. The molecule has 124 heavy (non-hydrogen) atoms. The smallest absolute Gasteiger partial charge is 0.272 e. The number of quaternary nitrogens is 3. The Morgan fingerprint density at radius 1 is 0.395 bits per heavy atom. The highest BCUT2D eigenvalue weighted by molar-refractivity contribution is 6.31. The van der Waals surface area contributed by atoms with Crippen molar-refractivity contribution in [3.8, 4) is 56.8 Å². The third kappa shape index (κ3) is 20.2. The Labute approximate surface area is 717 Å². The lowest BCUT2D eigenvalue weighted by Crippen LogP contribution is -2.86. The van der Waals surface area contributed by atoms with Gasteiger partial charge in [-0.2, -0.15) is 15.3 Å². The molecule has 0 aliphatic carbocycles. The maximum Gasteiger partial charge on any atom is 0.272 e. The zero-order valence-corrected chi connectivity index (χ0v) is 70.0. The number of hydrogen-bond donors (Lipinski definition) is 12. The number of amides is 3. The van der Waals surface area contributed by atoms with E-state index in [0.29, 0.717) is 112 Å². The topological polar surface area (TPSA) is 551 Å². The van der Waals surface area contributed by atoms with Crippen LogP contribution in [0, 0.1) is 0 Å². The van der Waals surface area contributed by atoms with Crippen molar-refractivity contribution in [2.24, 2.45) is 0 Å². The number of aromatic nitrogens is 15. The summed E-state index contributed by atoms with van der Waals surface area (Å²) in [6, 6.07) is 39.2. The molecule has 12 heterocycles. The van der Waals surface area contributed by atoms with Crippen LogP contribution in [0.3, 0.4) is 0 Å². The summed E-state index contributed by atoms with van der Waals surface area (Å²) in [6.45, 7) is 9.21. The number of aromatic amines is 3. The molecule has 642 valence electrons. The van der Waals surface area contributed by atoms with Crippen LogP contribution in [0.5, 0.6) is 23.0 Å². The lowest BCUT2D eigenvalue weighted by molar-refractivity contribution is -0.664. The Kier molecular flexibility index (Phi) is 27.7. The number of hydrogen-bond acceptors (Lipinski definition) is 25. The number of carbonyl (C=O) groups is 6. The van der Waals surface area contributed by atoms with E-state index in [4.69, 9.17) is 104 Å². The Morgan fingerprint density at radius 2 is 0.710 bits per heavy atom. The molecule has 37 nitrogen and oxygen atoms in total. The highest BCUT2D eigenvalue weighted by Crippen LogP contribution is 2.42. The largest absolute Gasteiger partial charge is 0.550 e. The molecule has 3 saturated heterocycles. The minimum absolute atomic E-state index is 0.252. The second-order valence-corrected chi connectivity index (χ2v) is 30.0. The van der Waals surface area contributed by atoms with Crippen LogP contribution in [0.1, 0.15) is 109 Å². The van der Waals surface area contributed by atoms with Gasteiger partial charge in [0, 0.05) is 122 Å². The lowest BCUT2D eigenvalue weighted by Gasteiger charge is -2.21. The maximum absolute atomic E-state index is 13.1. The van der Waals surface area contributed by atoms with Gasteiger partial charge in [-0.3, -0.25) is 14.4 Å². The second-order valence-electron chi connectivity index (χ2n) is 29.1. The number of carboxylic acid groups (broad SMARTS) is 3. The van der Waals surface area contributed by atoms with E-state index in [0.717, 1.165) is 170 Å². The number of nitrogens with two attached hydrogens (primary N) is 6. The molecule has 15 aromatic rings. The summed E-state index contributed by atoms with van der Waals surface area (Å²) in [7, 11) is 6.30. The van der Waals surface area contributed by atoms with Crippen molar-refractivity contribution in [3.63, 3.8) is 0 Å². The van der Waals surface area contributed by atoms with Crippen LogP contribution in [0.4, 0.5) is 34.5 Å². The number of nitrogens with one attached hydrogen (secondary N) is 6. The summed E-state index contributed by atoms with van der Waals surface area (Å²) in [5, 5.41) is 63.3. The van der Waals surface area contributed by atoms with Crippen LogP contribution < -0.4 is 83.4 Å². The summed E-state index contributed by atoms with van der Waals surface area (Å²) in [4.78, 5) is 101. The molecular formula is C85H90Cl2N24O13. The van der Waals surface area contributed by atoms with Gasteiger partial charge in [0.15, 0.2) is 16.9 Å². The van der Waals surface area contributed by atoms with Crippen molar-refractivity contribution in [2.75, 3.05) is 101 Å². The molecule has 3 aliphatic heterocycles. The number of aliphatic carboxylic acids is 3. The standard InChI is InChI=1S/C27H28N8O3.2C26H25ClN8O2.3C2H4O2/c1-37-18-5-3-15-11-21(32-20(15)13-18)27(36)33-19-6-4-16(12-22(19)38-2)24-23-25(28)30-14-31-26(23)35(34-24)17-7-9-29-10-8-17;1-37-21-12-14(2-4-19(21)33-26(36)20-11-15-10-16(27)3-5-18(15)32-20)23-22-24(28)30-13-31-25(22)35(34-23)17-6-8-29-9-7-17;1-37-21-11-15(3-5-18(21)33-26(36)20-10-14-2-4-16(27)12-19(14)32-20)23-22-24(28)30-13-31-25(22)35(34-23)17-6-8-29-9-7-17;3*1-2(3)4/h3-6,11-14,17,29,32H,7-10H2,1-2H3,(H,33,36)(H2,28,30,31);2*2-5,10-13,17,29,32H,6-9H2,1H3,(H,33,36)(H2,28,30,31);3*1H3,(H,3,4). The fraction of sp³-hybridized carbons (Fsp3) is 0.259. The van der Waals surface area contributed by atoms with Gasteiger partial charge in [0.2, 0.25) is 0 Å². The van der Waals surface area contributed by atoms with Gasteiger partial charge in [-0.1, -0.05) is 47.5 Å². The van der Waals surface area contributed by atoms with Crippen molar-refractivity contribution < 1.29 is 79.0 Å². The molecule has 0 spiro atoms. The van der Waals surface area contributed by atoms with Gasteiger partial charge in [-0.15, -0.1) is 0 Å². The van der Waals surface area contributed by atoms with E-state index in [1.807, 2.05) is 86.8 Å². The van der Waals surface area contributed by atoms with Crippen molar-refractivity contribution in [3.05, 3.63) is 174 Å². The zero-order valence-electron chi connectivity index (χ0n) is 68.5. The first-order valence-electron chi connectivity index (χ1n) is 39.4. The molecule has 0 saturated carbocycles. The highest BCUT2D eigenvalue weighted by atomic mass is 35.5. The fourth-order valence-corrected chi connectivity index (χ4v) is 15.4. The normalized spacial score (nSPS) is 13.5. The van der Waals surface area contributed by atoms with Gasteiger partial charge in [0.25, 0.3) is 17.7 Å². The number of benzene rings is 6. The van der Waals surface area contributed by atoms with E-state index >= 15 is 0 Å². The molecule has 0 bridgehead atoms. The van der Waals surface area contributed by atoms with Crippen LogP contribution in [-0.2, 0) is 14.4 Å². The number of carbonyl (C=O) groups excluding carboxylic acids is 6. The molecule has 0 radical (unpaired) electrons. The van der Waals surface area contributed by atoms with Gasteiger partial charge in [-0.05, 0) is 118 Å². The number of rotatable bonds is 16. The van der Waals surface area contributed by atoms with Gasteiger partial charge in [0.1, 0.15) is 93.6 Å². The molecular weight excluding hydrogens is 1640 g/mol. The van der Waals surface area contributed by atoms with Gasteiger partial charge in [0.05, 0.1) is 119 Å². The van der Waals surface area contributed by atoms with Crippen molar-refractivity contribution in [2.45, 2.75) is 77.4 Å². The molecule has 3 fully saturated rings. The number of fused-ring (bicyclic) bond motifs is 6. The minimum atomic E-state index is -1.08. The predicted molar refractivity (Wildman–Crippen MR) is 462 cm³/mol. The number of carboxylic acids is 3. The zero-order chi connectivity index (χ0) is 88.0.